The molecule has 0 aromatic heterocycles. The summed E-state index contributed by atoms with van der Waals surface area (Å²) < 4.78 is 26.8. The third kappa shape index (κ3) is 3.23. The Morgan fingerprint density at radius 2 is 1.90 bits per heavy atom. The van der Waals surface area contributed by atoms with Gasteiger partial charge in [0.15, 0.2) is 0 Å². The van der Waals surface area contributed by atoms with Crippen molar-refractivity contribution in [3.63, 3.8) is 0 Å². The van der Waals surface area contributed by atoms with Crippen molar-refractivity contribution in [2.75, 3.05) is 5.32 Å². The smallest absolute Gasteiger partial charge is 0.327 e. The highest BCUT2D eigenvalue weighted by Gasteiger charge is 2.29. The Balaban J connectivity index is 2.19. The maximum atomic E-state index is 13.5. The van der Waals surface area contributed by atoms with Crippen LogP contribution in [0.2, 0.25) is 0 Å². The van der Waals surface area contributed by atoms with Crippen LogP contribution in [0.4, 0.5) is 20.2 Å². The number of hydrogen-bond donors (Lipinski definition) is 1. The van der Waals surface area contributed by atoms with Gasteiger partial charge in [-0.1, -0.05) is 13.8 Å². The van der Waals surface area contributed by atoms with Crippen molar-refractivity contribution in [1.29, 1.82) is 0 Å². The first-order valence-electron chi connectivity index (χ1n) is 6.68. The van der Waals surface area contributed by atoms with Crippen molar-refractivity contribution < 1.29 is 13.7 Å². The molecule has 0 unspecified atom stereocenters. The summed E-state index contributed by atoms with van der Waals surface area (Å²) in [6.07, 6.45) is 3.64. The second-order valence-electron chi connectivity index (χ2n) is 6.12. The number of rotatable bonds is 3. The molecule has 0 aliphatic heterocycles. The normalized spacial score (nSPS) is 18.8. The van der Waals surface area contributed by atoms with Crippen LogP contribution in [0.5, 0.6) is 0 Å². The lowest BCUT2D eigenvalue weighted by Gasteiger charge is -2.34. The predicted octanol–water partition coefficient (Wildman–Crippen LogP) is 4.25. The van der Waals surface area contributed by atoms with E-state index in [0.717, 1.165) is 31.7 Å². The van der Waals surface area contributed by atoms with Crippen molar-refractivity contribution in [3.05, 3.63) is 33.9 Å². The number of nitrogens with zero attached hydrogens (tertiary/aromatic N) is 1. The first kappa shape index (κ1) is 14.7. The Hall–Kier alpha value is -1.72. The number of nitrogens with one attached hydrogen (secondary N) is 1. The lowest BCUT2D eigenvalue weighted by Crippen LogP contribution is -2.30. The Morgan fingerprint density at radius 1 is 1.30 bits per heavy atom. The first-order chi connectivity index (χ1) is 9.28. The maximum Gasteiger partial charge on any atom is 0.327 e. The van der Waals surface area contributed by atoms with E-state index in [1.54, 1.807) is 0 Å². The Bertz CT molecular complexity index is 522. The molecule has 1 aliphatic rings. The average molecular weight is 284 g/mol. The standard InChI is InChI=1S/C14H18F2N2O2/c1-14(2)5-3-10(4-6-14)17-12-8-9(15)7-11(16)13(12)18(19)20/h7-8,10,17H,3-6H2,1-2H3. The molecule has 1 aromatic carbocycles. The van der Waals surface area contributed by atoms with Gasteiger partial charge in [-0.3, -0.25) is 10.1 Å². The molecular weight excluding hydrogens is 266 g/mol. The number of halogens is 2. The third-order valence-electron chi connectivity index (χ3n) is 3.91. The molecule has 1 N–H and O–H groups in total. The van der Waals surface area contributed by atoms with Crippen LogP contribution in [-0.2, 0) is 0 Å². The Morgan fingerprint density at radius 3 is 2.45 bits per heavy atom. The highest BCUT2D eigenvalue weighted by atomic mass is 19.1. The van der Waals surface area contributed by atoms with E-state index in [-0.39, 0.29) is 17.1 Å². The van der Waals surface area contributed by atoms with Crippen molar-refractivity contribution in [1.82, 2.24) is 0 Å². The molecule has 0 bridgehead atoms. The molecule has 1 saturated carbocycles. The van der Waals surface area contributed by atoms with Crippen LogP contribution in [0.25, 0.3) is 0 Å². The van der Waals surface area contributed by atoms with Gasteiger partial charge >= 0.3 is 5.69 Å². The first-order valence-corrected chi connectivity index (χ1v) is 6.68. The quantitative estimate of drug-likeness (QED) is 0.666. The van der Waals surface area contributed by atoms with Crippen LogP contribution in [0.15, 0.2) is 12.1 Å². The van der Waals surface area contributed by atoms with Gasteiger partial charge in [-0.2, -0.15) is 4.39 Å². The zero-order chi connectivity index (χ0) is 14.9. The molecule has 20 heavy (non-hydrogen) atoms. The summed E-state index contributed by atoms with van der Waals surface area (Å²) in [7, 11) is 0. The van der Waals surface area contributed by atoms with E-state index in [1.807, 2.05) is 0 Å². The van der Waals surface area contributed by atoms with Gasteiger partial charge in [0, 0.05) is 18.2 Å². The predicted molar refractivity (Wildman–Crippen MR) is 72.7 cm³/mol. The summed E-state index contributed by atoms with van der Waals surface area (Å²) in [6.45, 7) is 4.35. The molecule has 0 saturated heterocycles. The molecule has 1 aromatic rings. The minimum atomic E-state index is -1.14. The zero-order valence-electron chi connectivity index (χ0n) is 11.6. The molecule has 0 spiro atoms. The number of hydrogen-bond acceptors (Lipinski definition) is 3. The van der Waals surface area contributed by atoms with E-state index in [1.165, 1.54) is 0 Å². The highest BCUT2D eigenvalue weighted by Crippen LogP contribution is 2.37. The van der Waals surface area contributed by atoms with E-state index in [0.29, 0.717) is 6.07 Å². The number of nitro groups is 1. The fraction of sp³-hybridized carbons (Fsp3) is 0.571. The third-order valence-corrected chi connectivity index (χ3v) is 3.91. The van der Waals surface area contributed by atoms with E-state index in [2.05, 4.69) is 19.2 Å². The van der Waals surface area contributed by atoms with Crippen LogP contribution in [-0.4, -0.2) is 11.0 Å². The van der Waals surface area contributed by atoms with Gasteiger partial charge in [0.2, 0.25) is 5.82 Å². The van der Waals surface area contributed by atoms with E-state index >= 15 is 0 Å². The molecule has 0 amide bonds. The summed E-state index contributed by atoms with van der Waals surface area (Å²) in [5, 5.41) is 13.8. The monoisotopic (exact) mass is 284 g/mol. The van der Waals surface area contributed by atoms with Crippen LogP contribution in [0.3, 0.4) is 0 Å². The molecule has 0 heterocycles. The molecule has 4 nitrogen and oxygen atoms in total. The van der Waals surface area contributed by atoms with Crippen LogP contribution >= 0.6 is 0 Å². The lowest BCUT2D eigenvalue weighted by molar-refractivity contribution is -0.386. The van der Waals surface area contributed by atoms with Gasteiger partial charge in [-0.15, -0.1) is 0 Å². The van der Waals surface area contributed by atoms with Crippen molar-refractivity contribution >= 4 is 11.4 Å². The molecule has 0 radical (unpaired) electrons. The minimum Gasteiger partial charge on any atom is -0.377 e. The zero-order valence-corrected chi connectivity index (χ0v) is 11.6. The number of nitro benzene ring substituents is 1. The SMILES string of the molecule is CC1(C)CCC(Nc2cc(F)cc(F)c2[N+](=O)[O-])CC1. The topological polar surface area (TPSA) is 55.2 Å². The maximum absolute atomic E-state index is 13.5. The van der Waals surface area contributed by atoms with E-state index in [9.17, 15) is 18.9 Å². The molecule has 0 atom stereocenters. The van der Waals surface area contributed by atoms with Gasteiger partial charge < -0.3 is 5.32 Å². The molecule has 6 heteroatoms. The van der Waals surface area contributed by atoms with Gasteiger partial charge in [-0.05, 0) is 31.1 Å². The van der Waals surface area contributed by atoms with Crippen LogP contribution < -0.4 is 5.32 Å². The van der Waals surface area contributed by atoms with Gasteiger partial charge in [-0.25, -0.2) is 4.39 Å². The summed E-state index contributed by atoms with van der Waals surface area (Å²) >= 11 is 0. The number of anilines is 1. The van der Waals surface area contributed by atoms with Crippen molar-refractivity contribution in [3.8, 4) is 0 Å². The average Bonchev–Trinajstić information content (AvgIpc) is 2.30. The van der Waals surface area contributed by atoms with Crippen molar-refractivity contribution in [2.24, 2.45) is 5.41 Å². The fourth-order valence-electron chi connectivity index (χ4n) is 2.63. The van der Waals surface area contributed by atoms with Gasteiger partial charge in [0.25, 0.3) is 0 Å². The summed E-state index contributed by atoms with van der Waals surface area (Å²) in [5.41, 5.74) is -0.495. The van der Waals surface area contributed by atoms with Gasteiger partial charge in [0.05, 0.1) is 4.92 Å². The summed E-state index contributed by atoms with van der Waals surface area (Å²) in [5.74, 6) is -1.96. The summed E-state index contributed by atoms with van der Waals surface area (Å²) in [4.78, 5) is 10.1. The fourth-order valence-corrected chi connectivity index (χ4v) is 2.63. The summed E-state index contributed by atoms with van der Waals surface area (Å²) in [6, 6.07) is 1.54. The second kappa shape index (κ2) is 5.34. The number of benzene rings is 1. The molecule has 110 valence electrons. The molecule has 1 aliphatic carbocycles. The highest BCUT2D eigenvalue weighted by molar-refractivity contribution is 5.62. The minimum absolute atomic E-state index is 0.0166. The Labute approximate surface area is 116 Å². The van der Waals surface area contributed by atoms with E-state index in [4.69, 9.17) is 0 Å². The van der Waals surface area contributed by atoms with E-state index < -0.39 is 22.2 Å². The Kier molecular flexibility index (Phi) is 3.92. The van der Waals surface area contributed by atoms with Crippen LogP contribution in [0.1, 0.15) is 39.5 Å². The second-order valence-corrected chi connectivity index (χ2v) is 6.12. The van der Waals surface area contributed by atoms with Gasteiger partial charge in [0.1, 0.15) is 11.5 Å². The molecule has 2 rings (SSSR count). The largest absolute Gasteiger partial charge is 0.377 e. The van der Waals surface area contributed by atoms with Crippen molar-refractivity contribution in [2.45, 2.75) is 45.6 Å². The molecular formula is C14H18F2N2O2. The van der Waals surface area contributed by atoms with Crippen LogP contribution in [0, 0.1) is 27.2 Å². The lowest BCUT2D eigenvalue weighted by atomic mass is 9.75. The molecule has 1 fully saturated rings.